The number of carboxylic acids is 1. The number of aliphatic carboxylic acids is 1. The molecule has 1 unspecified atom stereocenters. The van der Waals surface area contributed by atoms with Crippen molar-refractivity contribution in [3.63, 3.8) is 0 Å². The quantitative estimate of drug-likeness (QED) is 0.570. The molecule has 1 heterocycles. The van der Waals surface area contributed by atoms with Gasteiger partial charge in [-0.3, -0.25) is 9.59 Å². The first-order chi connectivity index (χ1) is 6.52. The number of carbonyl (C=O) groups is 2. The van der Waals surface area contributed by atoms with Gasteiger partial charge in [0.25, 0.3) is 0 Å². The Bertz CT molecular complexity index is 242. The van der Waals surface area contributed by atoms with Crippen LogP contribution >= 0.6 is 0 Å². The highest BCUT2D eigenvalue weighted by Crippen LogP contribution is 2.15. The highest BCUT2D eigenvalue weighted by Gasteiger charge is 2.30. The summed E-state index contributed by atoms with van der Waals surface area (Å²) in [5.74, 6) is -0.998. The van der Waals surface area contributed by atoms with Crippen molar-refractivity contribution in [3.05, 3.63) is 0 Å². The first-order valence-corrected chi connectivity index (χ1v) is 4.76. The monoisotopic (exact) mass is 200 g/mol. The van der Waals surface area contributed by atoms with Gasteiger partial charge in [0.05, 0.1) is 5.92 Å². The van der Waals surface area contributed by atoms with Gasteiger partial charge in [0.15, 0.2) is 0 Å². The topological polar surface area (TPSA) is 78.4 Å². The summed E-state index contributed by atoms with van der Waals surface area (Å²) in [6, 6.07) is -0.810. The fraction of sp³-hybridized carbons (Fsp3) is 0.778. The van der Waals surface area contributed by atoms with Crippen molar-refractivity contribution in [2.24, 2.45) is 11.8 Å². The van der Waals surface area contributed by atoms with E-state index in [-0.39, 0.29) is 17.7 Å². The molecule has 1 aliphatic heterocycles. The summed E-state index contributed by atoms with van der Waals surface area (Å²) in [4.78, 5) is 22.1. The largest absolute Gasteiger partial charge is 0.480 e. The van der Waals surface area contributed by atoms with Crippen LogP contribution in [0.1, 0.15) is 13.8 Å². The molecule has 1 aliphatic rings. The number of rotatable bonds is 3. The maximum Gasteiger partial charge on any atom is 0.325 e. The van der Waals surface area contributed by atoms with E-state index in [0.717, 1.165) is 6.54 Å². The fourth-order valence-electron chi connectivity index (χ4n) is 1.54. The molecule has 1 saturated heterocycles. The minimum atomic E-state index is -1.00. The Balaban J connectivity index is 2.45. The molecule has 0 saturated carbocycles. The third-order valence-electron chi connectivity index (χ3n) is 2.58. The van der Waals surface area contributed by atoms with Crippen LogP contribution in [0.15, 0.2) is 0 Å². The minimum Gasteiger partial charge on any atom is -0.480 e. The molecular formula is C9H16N2O3. The van der Waals surface area contributed by atoms with E-state index < -0.39 is 12.0 Å². The van der Waals surface area contributed by atoms with Gasteiger partial charge >= 0.3 is 5.97 Å². The van der Waals surface area contributed by atoms with Gasteiger partial charge in [-0.2, -0.15) is 0 Å². The first-order valence-electron chi connectivity index (χ1n) is 4.76. The average molecular weight is 200 g/mol. The molecule has 5 nitrogen and oxygen atoms in total. The molecule has 1 rings (SSSR count). The van der Waals surface area contributed by atoms with Gasteiger partial charge in [0, 0.05) is 6.54 Å². The van der Waals surface area contributed by atoms with E-state index in [1.165, 1.54) is 6.92 Å². The van der Waals surface area contributed by atoms with Crippen LogP contribution in [-0.4, -0.2) is 36.1 Å². The number of nitrogens with one attached hydrogen (secondary N) is 2. The molecule has 0 aromatic heterocycles. The van der Waals surface area contributed by atoms with E-state index in [2.05, 4.69) is 10.6 Å². The summed E-state index contributed by atoms with van der Waals surface area (Å²) < 4.78 is 0. The number of amides is 1. The molecular weight excluding hydrogens is 184 g/mol. The lowest BCUT2D eigenvalue weighted by Crippen LogP contribution is -2.43. The molecule has 1 amide bonds. The Morgan fingerprint density at radius 1 is 1.50 bits per heavy atom. The maximum absolute atomic E-state index is 11.6. The molecule has 0 bridgehead atoms. The van der Waals surface area contributed by atoms with Gasteiger partial charge in [-0.15, -0.1) is 0 Å². The van der Waals surface area contributed by atoms with Crippen LogP contribution in [0, 0.1) is 11.8 Å². The van der Waals surface area contributed by atoms with E-state index in [4.69, 9.17) is 5.11 Å². The standard InChI is InChI=1S/C9H16N2O3/c1-5-3-10-4-7(5)8(12)11-6(2)9(13)14/h5-7,10H,3-4H2,1-2H3,(H,11,12)(H,13,14)/t5-,6?,7-/m1/s1. The SMILES string of the molecule is CC(NC(=O)[C@@H]1CNC[C@H]1C)C(=O)O. The molecule has 0 spiro atoms. The highest BCUT2D eigenvalue weighted by molar-refractivity contribution is 5.85. The minimum absolute atomic E-state index is 0.100. The van der Waals surface area contributed by atoms with Crippen molar-refractivity contribution < 1.29 is 14.7 Å². The van der Waals surface area contributed by atoms with Crippen LogP contribution < -0.4 is 10.6 Å². The summed E-state index contributed by atoms with van der Waals surface area (Å²) in [5, 5.41) is 14.2. The second kappa shape index (κ2) is 4.41. The van der Waals surface area contributed by atoms with Crippen molar-refractivity contribution in [3.8, 4) is 0 Å². The molecule has 80 valence electrons. The van der Waals surface area contributed by atoms with Crippen LogP contribution in [0.3, 0.4) is 0 Å². The number of hydrogen-bond acceptors (Lipinski definition) is 3. The molecule has 1 fully saturated rings. The van der Waals surface area contributed by atoms with Gasteiger partial charge in [-0.1, -0.05) is 6.92 Å². The average Bonchev–Trinajstić information content (AvgIpc) is 2.51. The third kappa shape index (κ3) is 2.45. The molecule has 0 radical (unpaired) electrons. The van der Waals surface area contributed by atoms with Crippen LogP contribution in [0.25, 0.3) is 0 Å². The number of hydrogen-bond donors (Lipinski definition) is 3. The van der Waals surface area contributed by atoms with Crippen molar-refractivity contribution in [2.45, 2.75) is 19.9 Å². The zero-order valence-corrected chi connectivity index (χ0v) is 8.41. The third-order valence-corrected chi connectivity index (χ3v) is 2.58. The highest BCUT2D eigenvalue weighted by atomic mass is 16.4. The summed E-state index contributed by atoms with van der Waals surface area (Å²) >= 11 is 0. The fourth-order valence-corrected chi connectivity index (χ4v) is 1.54. The van der Waals surface area contributed by atoms with Gasteiger partial charge in [0.1, 0.15) is 6.04 Å². The van der Waals surface area contributed by atoms with E-state index in [1.807, 2.05) is 6.92 Å². The van der Waals surface area contributed by atoms with Crippen molar-refractivity contribution in [1.29, 1.82) is 0 Å². The van der Waals surface area contributed by atoms with Crippen molar-refractivity contribution in [2.75, 3.05) is 13.1 Å². The second-order valence-corrected chi connectivity index (χ2v) is 3.81. The van der Waals surface area contributed by atoms with Crippen LogP contribution in [0.2, 0.25) is 0 Å². The van der Waals surface area contributed by atoms with Crippen LogP contribution in [0.5, 0.6) is 0 Å². The number of carbonyl (C=O) groups excluding carboxylic acids is 1. The van der Waals surface area contributed by atoms with Crippen LogP contribution in [0.4, 0.5) is 0 Å². The van der Waals surface area contributed by atoms with E-state index in [0.29, 0.717) is 6.54 Å². The Morgan fingerprint density at radius 2 is 2.14 bits per heavy atom. The summed E-state index contributed by atoms with van der Waals surface area (Å²) in [6.07, 6.45) is 0. The second-order valence-electron chi connectivity index (χ2n) is 3.81. The lowest BCUT2D eigenvalue weighted by atomic mass is 9.97. The lowest BCUT2D eigenvalue weighted by molar-refractivity contribution is -0.142. The van der Waals surface area contributed by atoms with Gasteiger partial charge < -0.3 is 15.7 Å². The Labute approximate surface area is 82.9 Å². The lowest BCUT2D eigenvalue weighted by Gasteiger charge is -2.16. The Morgan fingerprint density at radius 3 is 2.57 bits per heavy atom. The summed E-state index contributed by atoms with van der Waals surface area (Å²) in [6.45, 7) is 4.90. The van der Waals surface area contributed by atoms with Gasteiger partial charge in [-0.25, -0.2) is 0 Å². The predicted octanol–water partition coefficient (Wildman–Crippen LogP) is -0.569. The van der Waals surface area contributed by atoms with Crippen LogP contribution in [-0.2, 0) is 9.59 Å². The molecule has 0 aliphatic carbocycles. The van der Waals surface area contributed by atoms with Crippen molar-refractivity contribution >= 4 is 11.9 Å². The summed E-state index contributed by atoms with van der Waals surface area (Å²) in [5.41, 5.74) is 0. The molecule has 0 aromatic rings. The maximum atomic E-state index is 11.6. The van der Waals surface area contributed by atoms with E-state index >= 15 is 0 Å². The summed E-state index contributed by atoms with van der Waals surface area (Å²) in [7, 11) is 0. The molecule has 14 heavy (non-hydrogen) atoms. The van der Waals surface area contributed by atoms with E-state index in [9.17, 15) is 9.59 Å². The van der Waals surface area contributed by atoms with Gasteiger partial charge in [-0.05, 0) is 19.4 Å². The molecule has 0 aromatic carbocycles. The predicted molar refractivity (Wildman–Crippen MR) is 50.8 cm³/mol. The normalized spacial score (nSPS) is 28.4. The molecule has 3 N–H and O–H groups in total. The number of carboxylic acid groups (broad SMARTS) is 1. The zero-order valence-electron chi connectivity index (χ0n) is 8.41. The molecule has 5 heteroatoms. The first kappa shape index (κ1) is 11.0. The molecule has 3 atom stereocenters. The Kier molecular flexibility index (Phi) is 3.46. The van der Waals surface area contributed by atoms with E-state index in [1.54, 1.807) is 0 Å². The van der Waals surface area contributed by atoms with Gasteiger partial charge in [0.2, 0.25) is 5.91 Å². The van der Waals surface area contributed by atoms with Crippen molar-refractivity contribution in [1.82, 2.24) is 10.6 Å². The smallest absolute Gasteiger partial charge is 0.325 e. The Hall–Kier alpha value is -1.10. The zero-order chi connectivity index (χ0) is 10.7.